The Morgan fingerprint density at radius 1 is 1.07 bits per heavy atom. The lowest BCUT2D eigenvalue weighted by Gasteiger charge is -2.32. The van der Waals surface area contributed by atoms with Gasteiger partial charge in [0.1, 0.15) is 12.4 Å². The van der Waals surface area contributed by atoms with Crippen LogP contribution in [0.1, 0.15) is 48.5 Å². The van der Waals surface area contributed by atoms with E-state index in [2.05, 4.69) is 20.5 Å². The van der Waals surface area contributed by atoms with E-state index < -0.39 is 0 Å². The van der Waals surface area contributed by atoms with Gasteiger partial charge in [-0.2, -0.15) is 0 Å². The van der Waals surface area contributed by atoms with Gasteiger partial charge in [0, 0.05) is 25.2 Å². The normalized spacial score (nSPS) is 20.7. The minimum absolute atomic E-state index is 0.00293. The summed E-state index contributed by atoms with van der Waals surface area (Å²) < 4.78 is 5.92. The molecule has 2 aliphatic rings. The molecule has 1 fully saturated rings. The number of para-hydroxylation sites is 1. The molecule has 2 N–H and O–H groups in total. The quantitative estimate of drug-likeness (QED) is 0.812. The van der Waals surface area contributed by atoms with Gasteiger partial charge in [0.15, 0.2) is 5.75 Å². The molecule has 0 atom stereocenters. The van der Waals surface area contributed by atoms with Crippen LogP contribution in [0.25, 0.3) is 0 Å². The number of amides is 2. The van der Waals surface area contributed by atoms with Gasteiger partial charge in [-0.15, -0.1) is 0 Å². The summed E-state index contributed by atoms with van der Waals surface area (Å²) >= 11 is 0. The Morgan fingerprint density at radius 2 is 1.80 bits per heavy atom. The first-order chi connectivity index (χ1) is 14.5. The van der Waals surface area contributed by atoms with E-state index in [4.69, 9.17) is 4.74 Å². The molecule has 2 aromatic rings. The van der Waals surface area contributed by atoms with Crippen molar-refractivity contribution in [3.63, 3.8) is 0 Å². The number of fused-ring (bicyclic) bond motifs is 1. The predicted molar refractivity (Wildman–Crippen MR) is 115 cm³/mol. The molecular formula is C23H28N4O3. The molecule has 1 saturated carbocycles. The Morgan fingerprint density at radius 3 is 2.47 bits per heavy atom. The van der Waals surface area contributed by atoms with Crippen molar-refractivity contribution in [2.24, 2.45) is 0 Å². The molecule has 158 valence electrons. The Kier molecular flexibility index (Phi) is 5.88. The molecule has 2 amide bonds. The van der Waals surface area contributed by atoms with Crippen molar-refractivity contribution in [3.8, 4) is 5.75 Å². The third kappa shape index (κ3) is 4.40. The lowest BCUT2D eigenvalue weighted by atomic mass is 9.91. The molecule has 4 rings (SSSR count). The number of aromatic nitrogens is 1. The Balaban J connectivity index is 1.48. The SMILES string of the molecule is CC(=O)N[C@H]1CC[C@H](NC(=O)c2cccc3c2OCCN3c2ccc(C)cn2)CC1. The molecule has 0 bridgehead atoms. The molecule has 7 nitrogen and oxygen atoms in total. The molecule has 30 heavy (non-hydrogen) atoms. The van der Waals surface area contributed by atoms with Crippen LogP contribution in [0.3, 0.4) is 0 Å². The fraction of sp³-hybridized carbons (Fsp3) is 0.435. The second kappa shape index (κ2) is 8.73. The topological polar surface area (TPSA) is 83.6 Å². The average molecular weight is 409 g/mol. The van der Waals surface area contributed by atoms with E-state index in [1.54, 1.807) is 6.92 Å². The summed E-state index contributed by atoms with van der Waals surface area (Å²) in [5, 5.41) is 6.12. The fourth-order valence-corrected chi connectivity index (χ4v) is 4.22. The van der Waals surface area contributed by atoms with Crippen molar-refractivity contribution in [3.05, 3.63) is 47.7 Å². The summed E-state index contributed by atoms with van der Waals surface area (Å²) in [4.78, 5) is 30.9. The van der Waals surface area contributed by atoms with Crippen LogP contribution in [0.15, 0.2) is 36.5 Å². The second-order valence-electron chi connectivity index (χ2n) is 8.07. The number of hydrogen-bond donors (Lipinski definition) is 2. The molecule has 1 aromatic carbocycles. The summed E-state index contributed by atoms with van der Waals surface area (Å²) in [6.45, 7) is 4.73. The van der Waals surface area contributed by atoms with E-state index in [0.717, 1.165) is 42.8 Å². The maximum Gasteiger partial charge on any atom is 0.255 e. The van der Waals surface area contributed by atoms with Crippen molar-refractivity contribution < 1.29 is 14.3 Å². The van der Waals surface area contributed by atoms with E-state index >= 15 is 0 Å². The first-order valence-electron chi connectivity index (χ1n) is 10.6. The predicted octanol–water partition coefficient (Wildman–Crippen LogP) is 3.10. The summed E-state index contributed by atoms with van der Waals surface area (Å²) in [6.07, 6.45) is 5.30. The Bertz CT molecular complexity index is 921. The molecule has 0 spiro atoms. The summed E-state index contributed by atoms with van der Waals surface area (Å²) in [5.41, 5.74) is 2.52. The monoisotopic (exact) mass is 408 g/mol. The minimum atomic E-state index is -0.117. The van der Waals surface area contributed by atoms with Crippen LogP contribution in [0.5, 0.6) is 5.75 Å². The highest BCUT2D eigenvalue weighted by Crippen LogP contribution is 2.38. The number of aryl methyl sites for hydroxylation is 1. The van der Waals surface area contributed by atoms with Crippen LogP contribution in [0.4, 0.5) is 11.5 Å². The number of hydrogen-bond acceptors (Lipinski definition) is 5. The van der Waals surface area contributed by atoms with Gasteiger partial charge in [-0.3, -0.25) is 9.59 Å². The van der Waals surface area contributed by atoms with Gasteiger partial charge in [0.2, 0.25) is 5.91 Å². The van der Waals surface area contributed by atoms with Crippen LogP contribution < -0.4 is 20.3 Å². The third-order valence-electron chi connectivity index (χ3n) is 5.73. The highest BCUT2D eigenvalue weighted by Gasteiger charge is 2.28. The first kappa shape index (κ1) is 20.2. The molecule has 1 aliphatic carbocycles. The number of pyridine rings is 1. The number of nitrogens with one attached hydrogen (secondary N) is 2. The number of nitrogens with zero attached hydrogens (tertiary/aromatic N) is 2. The van der Waals surface area contributed by atoms with Gasteiger partial charge >= 0.3 is 0 Å². The lowest BCUT2D eigenvalue weighted by Crippen LogP contribution is -2.43. The van der Waals surface area contributed by atoms with Crippen molar-refractivity contribution in [1.82, 2.24) is 15.6 Å². The number of carbonyl (C=O) groups is 2. The van der Waals surface area contributed by atoms with Crippen LogP contribution >= 0.6 is 0 Å². The molecule has 1 aliphatic heterocycles. The van der Waals surface area contributed by atoms with Crippen LogP contribution in [-0.2, 0) is 4.79 Å². The molecule has 0 unspecified atom stereocenters. The number of anilines is 2. The van der Waals surface area contributed by atoms with Crippen LogP contribution in [0.2, 0.25) is 0 Å². The van der Waals surface area contributed by atoms with Crippen molar-refractivity contribution in [2.45, 2.75) is 51.6 Å². The maximum atomic E-state index is 13.0. The second-order valence-corrected chi connectivity index (χ2v) is 8.07. The lowest BCUT2D eigenvalue weighted by molar-refractivity contribution is -0.119. The van der Waals surface area contributed by atoms with Gasteiger partial charge < -0.3 is 20.3 Å². The maximum absolute atomic E-state index is 13.0. The molecule has 0 radical (unpaired) electrons. The first-order valence-corrected chi connectivity index (χ1v) is 10.6. The van der Waals surface area contributed by atoms with E-state index in [1.807, 2.05) is 43.5 Å². The van der Waals surface area contributed by atoms with Gasteiger partial charge in [-0.25, -0.2) is 4.98 Å². The smallest absolute Gasteiger partial charge is 0.255 e. The highest BCUT2D eigenvalue weighted by molar-refractivity contribution is 5.99. The van der Waals surface area contributed by atoms with Crippen molar-refractivity contribution >= 4 is 23.3 Å². The van der Waals surface area contributed by atoms with E-state index in [1.165, 1.54) is 0 Å². The van der Waals surface area contributed by atoms with E-state index in [-0.39, 0.29) is 23.9 Å². The van der Waals surface area contributed by atoms with Crippen molar-refractivity contribution in [1.29, 1.82) is 0 Å². The summed E-state index contributed by atoms with van der Waals surface area (Å²) in [7, 11) is 0. The molecule has 2 heterocycles. The zero-order chi connectivity index (χ0) is 21.1. The molecule has 7 heteroatoms. The summed E-state index contributed by atoms with van der Waals surface area (Å²) in [5.74, 6) is 1.34. The average Bonchev–Trinajstić information content (AvgIpc) is 2.74. The number of benzene rings is 1. The number of ether oxygens (including phenoxy) is 1. The molecule has 0 saturated heterocycles. The van der Waals surface area contributed by atoms with Crippen LogP contribution in [-0.4, -0.2) is 42.0 Å². The largest absolute Gasteiger partial charge is 0.489 e. The summed E-state index contributed by atoms with van der Waals surface area (Å²) in [6, 6.07) is 10.00. The highest BCUT2D eigenvalue weighted by atomic mass is 16.5. The third-order valence-corrected chi connectivity index (χ3v) is 5.73. The zero-order valence-electron chi connectivity index (χ0n) is 17.5. The Hall–Kier alpha value is -3.09. The number of rotatable bonds is 4. The van der Waals surface area contributed by atoms with Gasteiger partial charge in [-0.05, 0) is 56.4 Å². The van der Waals surface area contributed by atoms with Gasteiger partial charge in [0.05, 0.1) is 17.8 Å². The number of carbonyl (C=O) groups excluding carboxylic acids is 2. The van der Waals surface area contributed by atoms with E-state index in [9.17, 15) is 9.59 Å². The van der Waals surface area contributed by atoms with Crippen molar-refractivity contribution in [2.75, 3.05) is 18.1 Å². The fourth-order valence-electron chi connectivity index (χ4n) is 4.22. The standard InChI is InChI=1S/C23H28N4O3/c1-15-6-11-21(24-14-15)27-12-13-30-22-19(4-3-5-20(22)27)23(29)26-18-9-7-17(8-10-18)25-16(2)28/h3-6,11,14,17-18H,7-10,12-13H2,1-2H3,(H,25,28)(H,26,29)/t17-,18-. The van der Waals surface area contributed by atoms with Gasteiger partial charge in [-0.1, -0.05) is 12.1 Å². The Labute approximate surface area is 176 Å². The van der Waals surface area contributed by atoms with Gasteiger partial charge in [0.25, 0.3) is 5.91 Å². The zero-order valence-corrected chi connectivity index (χ0v) is 17.5. The minimum Gasteiger partial charge on any atom is -0.489 e. The van der Waals surface area contributed by atoms with Crippen LogP contribution in [0, 0.1) is 6.92 Å². The molecule has 1 aromatic heterocycles. The molecular weight excluding hydrogens is 380 g/mol. The van der Waals surface area contributed by atoms with E-state index in [0.29, 0.717) is 24.5 Å².